The zero-order chi connectivity index (χ0) is 23.8. The van der Waals surface area contributed by atoms with Crippen molar-refractivity contribution >= 4 is 56.8 Å². The van der Waals surface area contributed by atoms with E-state index in [1.807, 2.05) is 25.1 Å². The van der Waals surface area contributed by atoms with Gasteiger partial charge in [-0.25, -0.2) is 0 Å². The number of carbonyl (C=O) groups excluding carboxylic acids is 1. The summed E-state index contributed by atoms with van der Waals surface area (Å²) in [4.78, 5) is 12.6. The van der Waals surface area contributed by atoms with Gasteiger partial charge in [0.25, 0.3) is 5.91 Å². The molecule has 0 aliphatic heterocycles. The molecule has 1 amide bonds. The average molecular weight is 546 g/mol. The summed E-state index contributed by atoms with van der Waals surface area (Å²) in [6.45, 7) is 2.52. The number of rotatable bonds is 8. The molecule has 1 N–H and O–H groups in total. The summed E-state index contributed by atoms with van der Waals surface area (Å²) in [6.07, 6.45) is 1.49. The van der Waals surface area contributed by atoms with E-state index in [0.29, 0.717) is 43.9 Å². The zero-order valence-corrected chi connectivity index (χ0v) is 20.7. The fourth-order valence-electron chi connectivity index (χ4n) is 2.86. The minimum Gasteiger partial charge on any atom is -0.490 e. The molecule has 168 valence electrons. The van der Waals surface area contributed by atoms with Gasteiger partial charge >= 0.3 is 0 Å². The molecule has 3 rings (SSSR count). The van der Waals surface area contributed by atoms with Crippen LogP contribution in [0.1, 0.15) is 18.1 Å². The van der Waals surface area contributed by atoms with E-state index < -0.39 is 5.91 Å². The highest BCUT2D eigenvalue weighted by molar-refractivity contribution is 9.10. The second-order valence-electron chi connectivity index (χ2n) is 6.78. The smallest absolute Gasteiger partial charge is 0.266 e. The lowest BCUT2D eigenvalue weighted by Gasteiger charge is -2.14. The highest BCUT2D eigenvalue weighted by Crippen LogP contribution is 2.36. The third-order valence-corrected chi connectivity index (χ3v) is 5.86. The number of halogens is 3. The highest BCUT2D eigenvalue weighted by atomic mass is 79.9. The fourth-order valence-corrected chi connectivity index (χ4v) is 3.61. The monoisotopic (exact) mass is 544 g/mol. The topological polar surface area (TPSA) is 71.3 Å². The number of nitriles is 1. The van der Waals surface area contributed by atoms with Crippen molar-refractivity contribution in [1.82, 2.24) is 0 Å². The molecule has 0 spiro atoms. The Morgan fingerprint density at radius 1 is 1.06 bits per heavy atom. The lowest BCUT2D eigenvalue weighted by atomic mass is 10.1. The summed E-state index contributed by atoms with van der Waals surface area (Å²) in [6, 6.07) is 19.6. The Morgan fingerprint density at radius 2 is 1.79 bits per heavy atom. The van der Waals surface area contributed by atoms with Crippen LogP contribution < -0.4 is 14.8 Å². The van der Waals surface area contributed by atoms with Crippen molar-refractivity contribution in [2.24, 2.45) is 0 Å². The molecule has 0 saturated carbocycles. The van der Waals surface area contributed by atoms with E-state index >= 15 is 0 Å². The molecule has 0 unspecified atom stereocenters. The minimum atomic E-state index is -0.506. The summed E-state index contributed by atoms with van der Waals surface area (Å²) in [5.41, 5.74) is 1.99. The van der Waals surface area contributed by atoms with Crippen LogP contribution in [0.4, 0.5) is 5.69 Å². The third-order valence-electron chi connectivity index (χ3n) is 4.44. The fraction of sp³-hybridized carbons (Fsp3) is 0.120. The van der Waals surface area contributed by atoms with Crippen LogP contribution in [0.15, 0.2) is 70.7 Å². The number of benzene rings is 3. The normalized spacial score (nSPS) is 10.9. The zero-order valence-electron chi connectivity index (χ0n) is 17.6. The quantitative estimate of drug-likeness (QED) is 0.238. The molecule has 0 fully saturated rings. The van der Waals surface area contributed by atoms with E-state index in [-0.39, 0.29) is 12.2 Å². The molecule has 8 heteroatoms. The first-order valence-corrected chi connectivity index (χ1v) is 11.5. The number of hydrogen-bond acceptors (Lipinski definition) is 4. The minimum absolute atomic E-state index is 0.0496. The van der Waals surface area contributed by atoms with Crippen LogP contribution in [0.25, 0.3) is 6.08 Å². The van der Waals surface area contributed by atoms with Gasteiger partial charge in [-0.1, -0.05) is 63.4 Å². The van der Waals surface area contributed by atoms with E-state index in [1.165, 1.54) is 6.08 Å². The number of anilines is 1. The van der Waals surface area contributed by atoms with Crippen LogP contribution in [0.3, 0.4) is 0 Å². The first kappa shape index (κ1) is 24.7. The van der Waals surface area contributed by atoms with Crippen LogP contribution in [-0.4, -0.2) is 12.5 Å². The second-order valence-corrected chi connectivity index (χ2v) is 8.45. The van der Waals surface area contributed by atoms with Crippen molar-refractivity contribution in [3.63, 3.8) is 0 Å². The molecule has 33 heavy (non-hydrogen) atoms. The predicted molar refractivity (Wildman–Crippen MR) is 135 cm³/mol. The summed E-state index contributed by atoms with van der Waals surface area (Å²) in [5.74, 6) is 0.473. The number of nitrogens with zero attached hydrogens (tertiary/aromatic N) is 1. The maximum absolute atomic E-state index is 12.6. The SMILES string of the molecule is CCOc1cc(/C=C(\C#N)C(=O)Nc2ccccc2)c(Br)cc1OCc1ccc(Cl)c(Cl)c1. The standard InChI is InChI=1S/C25H19BrCl2N2O3/c1-2-32-23-12-17(11-18(14-29)25(31)30-19-6-4-3-5-7-19)20(26)13-24(23)33-15-16-8-9-21(27)22(28)10-16/h3-13H,2,15H2,1H3,(H,30,31)/b18-11+. The van der Waals surface area contributed by atoms with Gasteiger partial charge in [0.2, 0.25) is 0 Å². The van der Waals surface area contributed by atoms with Gasteiger partial charge in [-0.15, -0.1) is 0 Å². The van der Waals surface area contributed by atoms with Crippen molar-refractivity contribution in [3.05, 3.63) is 91.9 Å². The number of carbonyl (C=O) groups is 1. The van der Waals surface area contributed by atoms with Gasteiger partial charge < -0.3 is 14.8 Å². The molecule has 0 radical (unpaired) electrons. The molecule has 0 aliphatic carbocycles. The molecular formula is C25H19BrCl2N2O3. The van der Waals surface area contributed by atoms with Crippen molar-refractivity contribution < 1.29 is 14.3 Å². The Morgan fingerprint density at radius 3 is 2.45 bits per heavy atom. The van der Waals surface area contributed by atoms with Crippen LogP contribution >= 0.6 is 39.1 Å². The Kier molecular flexibility index (Phi) is 8.79. The largest absolute Gasteiger partial charge is 0.490 e. The van der Waals surface area contributed by atoms with Gasteiger partial charge in [0, 0.05) is 10.2 Å². The Labute approximate surface area is 210 Å². The van der Waals surface area contributed by atoms with Gasteiger partial charge in [-0.2, -0.15) is 5.26 Å². The molecule has 3 aromatic carbocycles. The molecule has 0 saturated heterocycles. The molecule has 0 aromatic heterocycles. The molecule has 3 aromatic rings. The van der Waals surface area contributed by atoms with Crippen LogP contribution in [0.2, 0.25) is 10.0 Å². The van der Waals surface area contributed by atoms with Crippen molar-refractivity contribution in [3.8, 4) is 17.6 Å². The van der Waals surface area contributed by atoms with E-state index in [0.717, 1.165) is 5.56 Å². The van der Waals surface area contributed by atoms with E-state index in [2.05, 4.69) is 21.2 Å². The van der Waals surface area contributed by atoms with Gasteiger partial charge in [0.05, 0.1) is 16.7 Å². The second kappa shape index (κ2) is 11.8. The third kappa shape index (κ3) is 6.75. The summed E-state index contributed by atoms with van der Waals surface area (Å²) >= 11 is 15.5. The predicted octanol–water partition coefficient (Wildman–Crippen LogP) is 7.28. The van der Waals surface area contributed by atoms with Gasteiger partial charge in [0.15, 0.2) is 11.5 Å². The Balaban J connectivity index is 1.84. The number of para-hydroxylation sites is 1. The van der Waals surface area contributed by atoms with Crippen molar-refractivity contribution in [2.75, 3.05) is 11.9 Å². The molecule has 0 heterocycles. The van der Waals surface area contributed by atoms with E-state index in [4.69, 9.17) is 32.7 Å². The van der Waals surface area contributed by atoms with Gasteiger partial charge in [0.1, 0.15) is 18.2 Å². The number of hydrogen-bond donors (Lipinski definition) is 1. The summed E-state index contributed by atoms with van der Waals surface area (Å²) in [7, 11) is 0. The molecule has 5 nitrogen and oxygen atoms in total. The summed E-state index contributed by atoms with van der Waals surface area (Å²) in [5, 5.41) is 13.2. The Hall–Kier alpha value is -2.98. The average Bonchev–Trinajstić information content (AvgIpc) is 2.81. The number of amides is 1. The molecular weight excluding hydrogens is 527 g/mol. The molecule has 0 aliphatic rings. The van der Waals surface area contributed by atoms with Crippen molar-refractivity contribution in [2.45, 2.75) is 13.5 Å². The van der Waals surface area contributed by atoms with Crippen LogP contribution in [0.5, 0.6) is 11.5 Å². The van der Waals surface area contributed by atoms with Crippen LogP contribution in [-0.2, 0) is 11.4 Å². The van der Waals surface area contributed by atoms with Gasteiger partial charge in [-0.05, 0) is 60.5 Å². The summed E-state index contributed by atoms with van der Waals surface area (Å²) < 4.78 is 12.3. The molecule has 0 atom stereocenters. The molecule has 0 bridgehead atoms. The van der Waals surface area contributed by atoms with E-state index in [9.17, 15) is 10.1 Å². The highest BCUT2D eigenvalue weighted by Gasteiger charge is 2.14. The number of nitrogens with one attached hydrogen (secondary N) is 1. The van der Waals surface area contributed by atoms with Crippen molar-refractivity contribution in [1.29, 1.82) is 5.26 Å². The first-order chi connectivity index (χ1) is 15.9. The maximum Gasteiger partial charge on any atom is 0.266 e. The first-order valence-electron chi connectivity index (χ1n) is 9.92. The Bertz CT molecular complexity index is 1220. The number of ether oxygens (including phenoxy) is 2. The van der Waals surface area contributed by atoms with Gasteiger partial charge in [-0.3, -0.25) is 4.79 Å². The van der Waals surface area contributed by atoms with E-state index in [1.54, 1.807) is 48.5 Å². The maximum atomic E-state index is 12.6. The van der Waals surface area contributed by atoms with Crippen LogP contribution in [0, 0.1) is 11.3 Å². The lowest BCUT2D eigenvalue weighted by Crippen LogP contribution is -2.13. The lowest BCUT2D eigenvalue weighted by molar-refractivity contribution is -0.112.